The van der Waals surface area contributed by atoms with Crippen molar-refractivity contribution in [1.29, 1.82) is 0 Å². The molecule has 1 aliphatic heterocycles. The summed E-state index contributed by atoms with van der Waals surface area (Å²) in [5.74, 6) is -1.36. The van der Waals surface area contributed by atoms with Crippen LogP contribution in [0.25, 0.3) is 10.8 Å². The molecule has 30 heavy (non-hydrogen) atoms. The Bertz CT molecular complexity index is 1170. The number of halogens is 2. The van der Waals surface area contributed by atoms with Gasteiger partial charge in [-0.1, -0.05) is 24.3 Å². The molecule has 0 spiro atoms. The minimum Gasteiger partial charge on any atom is -0.462 e. The molecule has 150 valence electrons. The lowest BCUT2D eigenvalue weighted by Gasteiger charge is -2.27. The van der Waals surface area contributed by atoms with Gasteiger partial charge in [0.2, 0.25) is 0 Å². The van der Waals surface area contributed by atoms with Gasteiger partial charge in [0.05, 0.1) is 17.9 Å². The van der Waals surface area contributed by atoms with Crippen molar-refractivity contribution in [2.45, 2.75) is 10.8 Å². The number of benzene rings is 3. The van der Waals surface area contributed by atoms with E-state index in [1.54, 1.807) is 36.4 Å². The van der Waals surface area contributed by atoms with Crippen LogP contribution in [0.3, 0.4) is 0 Å². The Morgan fingerprint density at radius 2 is 1.53 bits per heavy atom. The number of ether oxygens (including phenoxy) is 1. The number of hydrogen-bond donors (Lipinski definition) is 0. The standard InChI is InChI=1S/C23H15Cl2NO4/c24-23(25)11-15(23)12-30-22(29)14-7-9-16(10-8-14)26-20(27)17-5-1-3-13-4-2-6-18(19(13)17)21(26)28/h1-10,15H,11-12H2/t15-/m1/s1. The normalized spacial score (nSPS) is 19.1. The monoisotopic (exact) mass is 439 g/mol. The molecule has 1 heterocycles. The molecule has 5 nitrogen and oxygen atoms in total. The van der Waals surface area contributed by atoms with E-state index in [1.165, 1.54) is 12.1 Å². The Hall–Kier alpha value is -2.89. The lowest BCUT2D eigenvalue weighted by atomic mass is 9.94. The van der Waals surface area contributed by atoms with Crippen LogP contribution in [0.1, 0.15) is 37.5 Å². The Kier molecular flexibility index (Phi) is 4.34. The largest absolute Gasteiger partial charge is 0.462 e. The third kappa shape index (κ3) is 3.06. The van der Waals surface area contributed by atoms with Crippen molar-refractivity contribution < 1.29 is 19.1 Å². The SMILES string of the molecule is O=C(OC[C@H]1CC1(Cl)Cl)c1ccc(N2C(=O)c3cccc4cccc(c34)C2=O)cc1. The van der Waals surface area contributed by atoms with Crippen molar-refractivity contribution >= 4 is 57.4 Å². The summed E-state index contributed by atoms with van der Waals surface area (Å²) in [5.41, 5.74) is 1.65. The first kappa shape index (κ1) is 19.1. The second kappa shape index (κ2) is 6.83. The molecule has 0 bridgehead atoms. The van der Waals surface area contributed by atoms with Crippen LogP contribution >= 0.6 is 23.2 Å². The Morgan fingerprint density at radius 1 is 0.967 bits per heavy atom. The van der Waals surface area contributed by atoms with Crippen LogP contribution in [-0.2, 0) is 4.74 Å². The second-order valence-corrected chi connectivity index (χ2v) is 9.00. The van der Waals surface area contributed by atoms with Crippen LogP contribution in [0, 0.1) is 5.92 Å². The highest BCUT2D eigenvalue weighted by Gasteiger charge is 2.52. The van der Waals surface area contributed by atoms with Crippen molar-refractivity contribution in [2.75, 3.05) is 11.5 Å². The molecule has 3 aromatic carbocycles. The number of esters is 1. The molecular formula is C23H15Cl2NO4. The zero-order valence-electron chi connectivity index (χ0n) is 15.6. The lowest BCUT2D eigenvalue weighted by molar-refractivity contribution is 0.0485. The number of alkyl halides is 2. The summed E-state index contributed by atoms with van der Waals surface area (Å²) < 4.78 is 4.44. The number of carbonyl (C=O) groups excluding carboxylic acids is 3. The highest BCUT2D eigenvalue weighted by molar-refractivity contribution is 6.50. The van der Waals surface area contributed by atoms with Crippen LogP contribution in [0.4, 0.5) is 5.69 Å². The molecule has 2 amide bonds. The first-order valence-electron chi connectivity index (χ1n) is 9.42. The van der Waals surface area contributed by atoms with Crippen LogP contribution in [-0.4, -0.2) is 28.7 Å². The molecular weight excluding hydrogens is 425 g/mol. The van der Waals surface area contributed by atoms with Gasteiger partial charge in [-0.15, -0.1) is 23.2 Å². The molecule has 1 saturated carbocycles. The molecule has 2 aliphatic rings. The average molecular weight is 440 g/mol. The van der Waals surface area contributed by atoms with Crippen LogP contribution in [0.15, 0.2) is 60.7 Å². The smallest absolute Gasteiger partial charge is 0.338 e. The van der Waals surface area contributed by atoms with Gasteiger partial charge >= 0.3 is 5.97 Å². The summed E-state index contributed by atoms with van der Waals surface area (Å²) in [6, 6.07) is 16.9. The van der Waals surface area contributed by atoms with Gasteiger partial charge in [-0.25, -0.2) is 9.69 Å². The van der Waals surface area contributed by atoms with Crippen LogP contribution < -0.4 is 4.90 Å². The third-order valence-electron chi connectivity index (χ3n) is 5.50. The molecule has 1 aliphatic carbocycles. The molecule has 0 saturated heterocycles. The first-order valence-corrected chi connectivity index (χ1v) is 10.2. The number of carbonyl (C=O) groups is 3. The van der Waals surface area contributed by atoms with E-state index in [1.807, 2.05) is 12.1 Å². The molecule has 1 fully saturated rings. The van der Waals surface area contributed by atoms with E-state index in [0.717, 1.165) is 10.3 Å². The van der Waals surface area contributed by atoms with Gasteiger partial charge < -0.3 is 4.74 Å². The van der Waals surface area contributed by atoms with Gasteiger partial charge in [-0.2, -0.15) is 0 Å². The van der Waals surface area contributed by atoms with Crippen molar-refractivity contribution in [2.24, 2.45) is 5.92 Å². The number of imide groups is 1. The fourth-order valence-corrected chi connectivity index (χ4v) is 4.22. The van der Waals surface area contributed by atoms with Gasteiger partial charge in [0.1, 0.15) is 4.33 Å². The van der Waals surface area contributed by atoms with Crippen LogP contribution in [0.5, 0.6) is 0 Å². The summed E-state index contributed by atoms with van der Waals surface area (Å²) in [5, 5.41) is 1.51. The number of rotatable bonds is 4. The molecule has 5 rings (SSSR count). The maximum atomic E-state index is 13.1. The average Bonchev–Trinajstić information content (AvgIpc) is 3.37. The van der Waals surface area contributed by atoms with E-state index in [-0.39, 0.29) is 12.5 Å². The van der Waals surface area contributed by atoms with E-state index in [9.17, 15) is 14.4 Å². The number of amides is 2. The molecule has 0 unspecified atom stereocenters. The molecule has 1 atom stereocenters. The molecule has 0 N–H and O–H groups in total. The van der Waals surface area contributed by atoms with E-state index in [4.69, 9.17) is 27.9 Å². The number of hydrogen-bond acceptors (Lipinski definition) is 4. The van der Waals surface area contributed by atoms with Crippen molar-refractivity contribution in [1.82, 2.24) is 0 Å². The lowest BCUT2D eigenvalue weighted by Crippen LogP contribution is -2.40. The van der Waals surface area contributed by atoms with Crippen molar-refractivity contribution in [3.05, 3.63) is 77.4 Å². The minimum atomic E-state index is -0.807. The van der Waals surface area contributed by atoms with Gasteiger partial charge in [0, 0.05) is 22.4 Å². The minimum absolute atomic E-state index is 0.0598. The first-order chi connectivity index (χ1) is 14.4. The summed E-state index contributed by atoms with van der Waals surface area (Å²) >= 11 is 11.9. The van der Waals surface area contributed by atoms with E-state index in [2.05, 4.69) is 0 Å². The summed E-state index contributed by atoms with van der Waals surface area (Å²) in [6.45, 7) is 0.150. The zero-order valence-corrected chi connectivity index (χ0v) is 17.1. The summed E-state index contributed by atoms with van der Waals surface area (Å²) in [6.07, 6.45) is 0.593. The van der Waals surface area contributed by atoms with Gasteiger partial charge in [0.15, 0.2) is 0 Å². The van der Waals surface area contributed by atoms with E-state index < -0.39 is 22.1 Å². The number of nitrogens with zero attached hydrogens (tertiary/aromatic N) is 1. The summed E-state index contributed by atoms with van der Waals surface area (Å²) in [7, 11) is 0. The molecule has 0 radical (unpaired) electrons. The molecule has 0 aromatic heterocycles. The van der Waals surface area contributed by atoms with Crippen molar-refractivity contribution in [3.8, 4) is 0 Å². The van der Waals surface area contributed by atoms with Gasteiger partial charge in [0.25, 0.3) is 11.8 Å². The van der Waals surface area contributed by atoms with Gasteiger partial charge in [-0.05, 0) is 48.2 Å². The third-order valence-corrected chi connectivity index (χ3v) is 6.43. The summed E-state index contributed by atoms with van der Waals surface area (Å²) in [4.78, 5) is 39.5. The highest BCUT2D eigenvalue weighted by atomic mass is 35.5. The highest BCUT2D eigenvalue weighted by Crippen LogP contribution is 2.53. The fourth-order valence-electron chi connectivity index (χ4n) is 3.72. The Labute approximate surface area is 182 Å². The predicted molar refractivity (Wildman–Crippen MR) is 114 cm³/mol. The topological polar surface area (TPSA) is 63.7 Å². The zero-order chi connectivity index (χ0) is 21.0. The van der Waals surface area contributed by atoms with Gasteiger partial charge in [-0.3, -0.25) is 9.59 Å². The maximum absolute atomic E-state index is 13.1. The Balaban J connectivity index is 1.40. The van der Waals surface area contributed by atoms with Crippen LogP contribution in [0.2, 0.25) is 0 Å². The molecule has 3 aromatic rings. The quantitative estimate of drug-likeness (QED) is 0.326. The predicted octanol–water partition coefficient (Wildman–Crippen LogP) is 4.99. The van der Waals surface area contributed by atoms with E-state index in [0.29, 0.717) is 34.2 Å². The van der Waals surface area contributed by atoms with Crippen molar-refractivity contribution in [3.63, 3.8) is 0 Å². The maximum Gasteiger partial charge on any atom is 0.338 e. The molecule has 7 heteroatoms. The van der Waals surface area contributed by atoms with E-state index >= 15 is 0 Å². The fraction of sp³-hybridized carbons (Fsp3) is 0.174. The second-order valence-electron chi connectivity index (χ2n) is 7.46. The Morgan fingerprint density at radius 3 is 2.07 bits per heavy atom. The number of anilines is 1.